The van der Waals surface area contributed by atoms with Crippen molar-refractivity contribution in [3.8, 4) is 0 Å². The van der Waals surface area contributed by atoms with Crippen molar-refractivity contribution in [3.05, 3.63) is 16.0 Å². The number of thiocarbonyl (C=S) groups is 1. The van der Waals surface area contributed by atoms with Crippen molar-refractivity contribution in [3.63, 3.8) is 0 Å². The van der Waals surface area contributed by atoms with E-state index in [-0.39, 0.29) is 5.97 Å². The van der Waals surface area contributed by atoms with E-state index < -0.39 is 0 Å². The largest absolute Gasteiger partial charge is 0.462 e. The Morgan fingerprint density at radius 1 is 1.25 bits per heavy atom. The molecule has 154 valence electrons. The van der Waals surface area contributed by atoms with Crippen LogP contribution in [0.1, 0.15) is 79.6 Å². The average molecular weight is 421 g/mol. The molecule has 0 aromatic carbocycles. The van der Waals surface area contributed by atoms with Crippen LogP contribution in [0.25, 0.3) is 0 Å². The Hall–Kier alpha value is -1.14. The van der Waals surface area contributed by atoms with E-state index in [0.717, 1.165) is 47.6 Å². The summed E-state index contributed by atoms with van der Waals surface area (Å²) in [4.78, 5) is 14.0. The second kappa shape index (κ2) is 8.70. The molecule has 2 N–H and O–H groups in total. The summed E-state index contributed by atoms with van der Waals surface area (Å²) in [6.07, 6.45) is 11.1. The van der Waals surface area contributed by atoms with Crippen LogP contribution in [-0.2, 0) is 17.6 Å². The van der Waals surface area contributed by atoms with Gasteiger partial charge >= 0.3 is 5.97 Å². The number of rotatable bonds is 5. The summed E-state index contributed by atoms with van der Waals surface area (Å²) < 4.78 is 5.38. The molecule has 4 rings (SSSR count). The van der Waals surface area contributed by atoms with Crippen molar-refractivity contribution < 1.29 is 9.53 Å². The van der Waals surface area contributed by atoms with Gasteiger partial charge in [0.2, 0.25) is 0 Å². The SMILES string of the molecule is CCOC(=O)c1c(NC(=S)NC(C)C2CC3CCC2C3)sc2c1CCCCC2. The first-order valence-corrected chi connectivity index (χ1v) is 12.2. The molecule has 0 spiro atoms. The van der Waals surface area contributed by atoms with Gasteiger partial charge in [-0.15, -0.1) is 11.3 Å². The molecule has 28 heavy (non-hydrogen) atoms. The highest BCUT2D eigenvalue weighted by Crippen LogP contribution is 2.49. The molecule has 1 aromatic heterocycles. The predicted molar refractivity (Wildman–Crippen MR) is 119 cm³/mol. The zero-order valence-corrected chi connectivity index (χ0v) is 18.6. The quantitative estimate of drug-likeness (QED) is 0.384. The molecule has 4 nitrogen and oxygen atoms in total. The zero-order valence-electron chi connectivity index (χ0n) is 17.0. The summed E-state index contributed by atoms with van der Waals surface area (Å²) in [6, 6.07) is 0.374. The van der Waals surface area contributed by atoms with Crippen LogP contribution < -0.4 is 10.6 Å². The minimum absolute atomic E-state index is 0.214. The number of aryl methyl sites for hydroxylation is 1. The van der Waals surface area contributed by atoms with E-state index in [1.54, 1.807) is 11.3 Å². The lowest BCUT2D eigenvalue weighted by atomic mass is 9.84. The fourth-order valence-corrected chi connectivity index (χ4v) is 7.24. The summed E-state index contributed by atoms with van der Waals surface area (Å²) in [5, 5.41) is 8.39. The smallest absolute Gasteiger partial charge is 0.341 e. The molecule has 1 aromatic rings. The van der Waals surface area contributed by atoms with Crippen LogP contribution in [0.15, 0.2) is 0 Å². The van der Waals surface area contributed by atoms with Crippen LogP contribution in [-0.4, -0.2) is 23.7 Å². The first-order valence-electron chi connectivity index (χ1n) is 11.0. The van der Waals surface area contributed by atoms with Gasteiger partial charge in [0.25, 0.3) is 0 Å². The summed E-state index contributed by atoms with van der Waals surface area (Å²) in [5.74, 6) is 2.31. The maximum Gasteiger partial charge on any atom is 0.341 e. The standard InChI is InChI=1S/C22H32N2O2S2/c1-3-26-21(25)19-16-7-5-4-6-8-18(16)28-20(19)24-22(27)23-13(2)17-12-14-9-10-15(17)11-14/h13-15,17H,3-12H2,1-2H3,(H2,23,24,27). The predicted octanol–water partition coefficient (Wildman–Crippen LogP) is 5.30. The molecule has 4 unspecified atom stereocenters. The van der Waals surface area contributed by atoms with Crippen molar-refractivity contribution in [1.82, 2.24) is 5.32 Å². The first kappa shape index (κ1) is 20.1. The molecular formula is C22H32N2O2S2. The number of anilines is 1. The molecule has 2 saturated carbocycles. The molecule has 3 aliphatic rings. The summed E-state index contributed by atoms with van der Waals surface area (Å²) >= 11 is 7.33. The van der Waals surface area contributed by atoms with E-state index in [2.05, 4.69) is 17.6 Å². The highest BCUT2D eigenvalue weighted by Gasteiger charge is 2.42. The summed E-state index contributed by atoms with van der Waals surface area (Å²) in [5.41, 5.74) is 1.91. The van der Waals surface area contributed by atoms with E-state index in [4.69, 9.17) is 17.0 Å². The topological polar surface area (TPSA) is 50.4 Å². The van der Waals surface area contributed by atoms with Gasteiger partial charge in [-0.1, -0.05) is 12.8 Å². The van der Waals surface area contributed by atoms with E-state index >= 15 is 0 Å². The third kappa shape index (κ3) is 4.09. The number of ether oxygens (including phenoxy) is 1. The Morgan fingerprint density at radius 2 is 2.07 bits per heavy atom. The summed E-state index contributed by atoms with van der Waals surface area (Å²) in [6.45, 7) is 4.52. The second-order valence-electron chi connectivity index (χ2n) is 8.71. The number of hydrogen-bond donors (Lipinski definition) is 2. The lowest BCUT2D eigenvalue weighted by molar-refractivity contribution is 0.0527. The van der Waals surface area contributed by atoms with Crippen LogP contribution >= 0.6 is 23.6 Å². The molecule has 0 radical (unpaired) electrons. The number of fused-ring (bicyclic) bond motifs is 3. The van der Waals surface area contributed by atoms with E-state index in [1.807, 2.05) is 6.92 Å². The number of esters is 1. The first-order chi connectivity index (χ1) is 13.6. The fourth-order valence-electron chi connectivity index (χ4n) is 5.61. The Morgan fingerprint density at radius 3 is 2.79 bits per heavy atom. The third-order valence-corrected chi connectivity index (χ3v) is 8.35. The van der Waals surface area contributed by atoms with E-state index in [0.29, 0.717) is 17.8 Å². The second-order valence-corrected chi connectivity index (χ2v) is 10.2. The lowest BCUT2D eigenvalue weighted by Crippen LogP contribution is -2.42. The van der Waals surface area contributed by atoms with Gasteiger partial charge in [0, 0.05) is 10.9 Å². The number of thiophene rings is 1. The Kier molecular flexibility index (Phi) is 6.26. The molecule has 0 amide bonds. The number of carbonyl (C=O) groups excluding carboxylic acids is 1. The minimum Gasteiger partial charge on any atom is -0.462 e. The molecule has 2 fully saturated rings. The van der Waals surface area contributed by atoms with Crippen LogP contribution in [0.3, 0.4) is 0 Å². The molecule has 3 aliphatic carbocycles. The van der Waals surface area contributed by atoms with Gasteiger partial charge in [-0.3, -0.25) is 0 Å². The Bertz CT molecular complexity index is 745. The van der Waals surface area contributed by atoms with Gasteiger partial charge in [0.15, 0.2) is 5.11 Å². The van der Waals surface area contributed by atoms with Gasteiger partial charge in [0.1, 0.15) is 5.00 Å². The number of nitrogens with one attached hydrogen (secondary N) is 2. The van der Waals surface area contributed by atoms with Crippen LogP contribution in [0.2, 0.25) is 0 Å². The summed E-state index contributed by atoms with van der Waals surface area (Å²) in [7, 11) is 0. The minimum atomic E-state index is -0.214. The maximum atomic E-state index is 12.7. The van der Waals surface area contributed by atoms with Crippen molar-refractivity contribution in [1.29, 1.82) is 0 Å². The van der Waals surface area contributed by atoms with Crippen LogP contribution in [0.4, 0.5) is 5.00 Å². The van der Waals surface area contributed by atoms with Crippen molar-refractivity contribution in [2.24, 2.45) is 17.8 Å². The third-order valence-electron chi connectivity index (χ3n) is 6.92. The van der Waals surface area contributed by atoms with Crippen LogP contribution in [0.5, 0.6) is 0 Å². The highest BCUT2D eigenvalue weighted by molar-refractivity contribution is 7.80. The molecule has 4 atom stereocenters. The Balaban J connectivity index is 1.47. The number of carbonyl (C=O) groups is 1. The monoisotopic (exact) mass is 420 g/mol. The highest BCUT2D eigenvalue weighted by atomic mass is 32.1. The maximum absolute atomic E-state index is 12.7. The van der Waals surface area contributed by atoms with Crippen molar-refractivity contribution >= 4 is 39.6 Å². The Labute approximate surface area is 177 Å². The fraction of sp³-hybridized carbons (Fsp3) is 0.727. The van der Waals surface area contributed by atoms with Gasteiger partial charge in [0.05, 0.1) is 12.2 Å². The van der Waals surface area contributed by atoms with Crippen molar-refractivity contribution in [2.45, 2.75) is 77.7 Å². The molecular weight excluding hydrogens is 388 g/mol. The molecule has 1 heterocycles. The van der Waals surface area contributed by atoms with E-state index in [9.17, 15) is 4.79 Å². The van der Waals surface area contributed by atoms with Gasteiger partial charge in [-0.25, -0.2) is 4.79 Å². The van der Waals surface area contributed by atoms with Crippen molar-refractivity contribution in [2.75, 3.05) is 11.9 Å². The number of hydrogen-bond acceptors (Lipinski definition) is 4. The average Bonchev–Trinajstić information content (AvgIpc) is 3.32. The normalized spacial score (nSPS) is 27.0. The van der Waals surface area contributed by atoms with Gasteiger partial charge in [-0.2, -0.15) is 0 Å². The van der Waals surface area contributed by atoms with Crippen LogP contribution in [0, 0.1) is 17.8 Å². The molecule has 0 saturated heterocycles. The van der Waals surface area contributed by atoms with Gasteiger partial charge < -0.3 is 15.4 Å². The molecule has 2 bridgehead atoms. The molecule has 6 heteroatoms. The lowest BCUT2D eigenvalue weighted by Gasteiger charge is -2.29. The van der Waals surface area contributed by atoms with Gasteiger partial charge in [-0.05, 0) is 94.3 Å². The zero-order chi connectivity index (χ0) is 19.7. The van der Waals surface area contributed by atoms with E-state index in [1.165, 1.54) is 49.0 Å². The molecule has 0 aliphatic heterocycles.